The van der Waals surface area contributed by atoms with E-state index in [1.807, 2.05) is 0 Å². The summed E-state index contributed by atoms with van der Waals surface area (Å²) in [5, 5.41) is 15.9. The third kappa shape index (κ3) is 9.43. The van der Waals surface area contributed by atoms with Crippen LogP contribution in [0.4, 0.5) is 10.5 Å². The Kier molecular flexibility index (Phi) is 12.4. The molecule has 0 saturated heterocycles. The smallest absolute Gasteiger partial charge is 0.338 e. The van der Waals surface area contributed by atoms with Gasteiger partial charge in [0, 0.05) is 23.9 Å². The summed E-state index contributed by atoms with van der Waals surface area (Å²) in [5.41, 5.74) is 0.716. The molecule has 7 heteroatoms. The molecule has 0 aliphatic carbocycles. The van der Waals surface area contributed by atoms with Gasteiger partial charge in [-0.2, -0.15) is 0 Å². The molecule has 0 atom stereocenters. The van der Waals surface area contributed by atoms with Gasteiger partial charge in [0.25, 0.3) is 0 Å². The van der Waals surface area contributed by atoms with Crippen molar-refractivity contribution in [3.63, 3.8) is 0 Å². The molecule has 7 nitrogen and oxygen atoms in total. The first kappa shape index (κ1) is 27.9. The zero-order valence-corrected chi connectivity index (χ0v) is 20.9. The minimum Gasteiger partial charge on any atom is -0.507 e. The van der Waals surface area contributed by atoms with E-state index in [0.29, 0.717) is 18.8 Å². The number of carbonyl (C=O) groups is 3. The van der Waals surface area contributed by atoms with Crippen molar-refractivity contribution >= 4 is 23.5 Å². The van der Waals surface area contributed by atoms with Crippen LogP contribution in [-0.2, 0) is 4.74 Å². The second-order valence-electron chi connectivity index (χ2n) is 8.60. The molecule has 0 saturated carbocycles. The number of ketones is 1. The van der Waals surface area contributed by atoms with Gasteiger partial charge in [-0.25, -0.2) is 9.59 Å². The third-order valence-corrected chi connectivity index (χ3v) is 5.69. The van der Waals surface area contributed by atoms with Crippen molar-refractivity contribution in [2.24, 2.45) is 0 Å². The zero-order chi connectivity index (χ0) is 25.5. The molecule has 0 aliphatic rings. The van der Waals surface area contributed by atoms with Crippen LogP contribution in [-0.4, -0.2) is 36.0 Å². The van der Waals surface area contributed by atoms with E-state index in [-0.39, 0.29) is 28.5 Å². The summed E-state index contributed by atoms with van der Waals surface area (Å²) in [7, 11) is 0. The molecular formula is C28H38N2O5. The summed E-state index contributed by atoms with van der Waals surface area (Å²) in [6.45, 7) is 5.14. The Bertz CT molecular complexity index is 974. The highest BCUT2D eigenvalue weighted by molar-refractivity contribution is 6.15. The maximum atomic E-state index is 13.1. The minimum absolute atomic E-state index is 0.0371. The molecule has 2 amide bonds. The van der Waals surface area contributed by atoms with Crippen LogP contribution in [0.15, 0.2) is 42.5 Å². The lowest BCUT2D eigenvalue weighted by molar-refractivity contribution is 0.0495. The second-order valence-corrected chi connectivity index (χ2v) is 8.60. The normalized spacial score (nSPS) is 10.6. The highest BCUT2D eigenvalue weighted by Crippen LogP contribution is 2.26. The van der Waals surface area contributed by atoms with Crippen LogP contribution in [0.1, 0.15) is 97.9 Å². The maximum Gasteiger partial charge on any atom is 0.338 e. The van der Waals surface area contributed by atoms with E-state index >= 15 is 0 Å². The average molecular weight is 483 g/mol. The fourth-order valence-electron chi connectivity index (χ4n) is 3.68. The number of ether oxygens (including phenoxy) is 1. The van der Waals surface area contributed by atoms with Crippen LogP contribution in [0, 0.1) is 0 Å². The number of hydrogen-bond donors (Lipinski definition) is 3. The fourth-order valence-corrected chi connectivity index (χ4v) is 3.68. The molecule has 0 aromatic heterocycles. The topological polar surface area (TPSA) is 105 Å². The molecule has 2 rings (SSSR count). The van der Waals surface area contributed by atoms with E-state index in [1.165, 1.54) is 31.0 Å². The molecule has 35 heavy (non-hydrogen) atoms. The van der Waals surface area contributed by atoms with E-state index in [9.17, 15) is 19.5 Å². The Balaban J connectivity index is 1.98. The Morgan fingerprint density at radius 2 is 1.46 bits per heavy atom. The maximum absolute atomic E-state index is 13.1. The van der Waals surface area contributed by atoms with Gasteiger partial charge in [-0.15, -0.1) is 0 Å². The number of esters is 1. The van der Waals surface area contributed by atoms with Crippen molar-refractivity contribution in [3.05, 3.63) is 59.2 Å². The number of phenolic OH excluding ortho intramolecular Hbond substituents is 1. The van der Waals surface area contributed by atoms with Crippen LogP contribution in [0.5, 0.6) is 5.75 Å². The Labute approximate surface area is 208 Å². The van der Waals surface area contributed by atoms with Crippen molar-refractivity contribution in [2.45, 2.75) is 71.6 Å². The first-order chi connectivity index (χ1) is 17.0. The summed E-state index contributed by atoms with van der Waals surface area (Å²) in [4.78, 5) is 37.8. The molecule has 2 aromatic carbocycles. The van der Waals surface area contributed by atoms with Gasteiger partial charge in [0.1, 0.15) is 5.75 Å². The molecule has 0 spiro atoms. The van der Waals surface area contributed by atoms with E-state index in [1.54, 1.807) is 24.3 Å². The van der Waals surface area contributed by atoms with E-state index in [2.05, 4.69) is 24.5 Å². The van der Waals surface area contributed by atoms with Gasteiger partial charge < -0.3 is 20.5 Å². The van der Waals surface area contributed by atoms with Gasteiger partial charge in [-0.05, 0) is 31.0 Å². The Morgan fingerprint density at radius 3 is 2.14 bits per heavy atom. The summed E-state index contributed by atoms with van der Waals surface area (Å²) >= 11 is 0. The lowest BCUT2D eigenvalue weighted by Crippen LogP contribution is -2.29. The van der Waals surface area contributed by atoms with Gasteiger partial charge in [-0.1, -0.05) is 77.0 Å². The molecule has 190 valence electrons. The van der Waals surface area contributed by atoms with Crippen molar-refractivity contribution in [2.75, 3.05) is 18.5 Å². The first-order valence-electron chi connectivity index (χ1n) is 12.7. The van der Waals surface area contributed by atoms with Gasteiger partial charge in [0.15, 0.2) is 5.78 Å². The molecular weight excluding hydrogens is 444 g/mol. The SMILES string of the molecule is CCCCCCCNC(=O)Nc1ccc(C(=O)c2ccccc2C(=O)OCCCCCC)c(O)c1. The van der Waals surface area contributed by atoms with Gasteiger partial charge in [-0.3, -0.25) is 4.79 Å². The molecule has 0 fully saturated rings. The Morgan fingerprint density at radius 1 is 0.800 bits per heavy atom. The van der Waals surface area contributed by atoms with Crippen LogP contribution < -0.4 is 10.6 Å². The lowest BCUT2D eigenvalue weighted by atomic mass is 9.97. The van der Waals surface area contributed by atoms with Crippen LogP contribution in [0.2, 0.25) is 0 Å². The number of carbonyl (C=O) groups excluding carboxylic acids is 3. The Hall–Kier alpha value is -3.35. The van der Waals surface area contributed by atoms with Crippen LogP contribution in [0.25, 0.3) is 0 Å². The number of urea groups is 1. The molecule has 0 unspecified atom stereocenters. The summed E-state index contributed by atoms with van der Waals surface area (Å²) in [6, 6.07) is 10.3. The van der Waals surface area contributed by atoms with Crippen LogP contribution >= 0.6 is 0 Å². The fraction of sp³-hybridized carbons (Fsp3) is 0.464. The summed E-state index contributed by atoms with van der Waals surface area (Å²) < 4.78 is 5.35. The standard InChI is InChI=1S/C28H38N2O5/c1-3-5-7-9-12-18-29-28(34)30-21-16-17-24(25(31)20-21)26(32)22-14-10-11-15-23(22)27(33)35-19-13-8-6-4-2/h10-11,14-17,20,31H,3-9,12-13,18-19H2,1-2H3,(H2,29,30,34). The van der Waals surface area contributed by atoms with Crippen molar-refractivity contribution in [1.82, 2.24) is 5.32 Å². The lowest BCUT2D eigenvalue weighted by Gasteiger charge is -2.12. The second kappa shape index (κ2) is 15.5. The number of benzene rings is 2. The van der Waals surface area contributed by atoms with Crippen molar-refractivity contribution in [1.29, 1.82) is 0 Å². The zero-order valence-electron chi connectivity index (χ0n) is 20.9. The van der Waals surface area contributed by atoms with E-state index < -0.39 is 11.8 Å². The summed E-state index contributed by atoms with van der Waals surface area (Å²) in [5.74, 6) is -1.34. The van der Waals surface area contributed by atoms with Crippen molar-refractivity contribution < 1.29 is 24.2 Å². The largest absolute Gasteiger partial charge is 0.507 e. The van der Waals surface area contributed by atoms with Crippen LogP contribution in [0.3, 0.4) is 0 Å². The minimum atomic E-state index is -0.561. The molecule has 0 aliphatic heterocycles. The number of unbranched alkanes of at least 4 members (excludes halogenated alkanes) is 7. The average Bonchev–Trinajstić information content (AvgIpc) is 2.85. The first-order valence-corrected chi connectivity index (χ1v) is 12.7. The predicted octanol–water partition coefficient (Wildman–Crippen LogP) is 6.45. The van der Waals surface area contributed by atoms with Gasteiger partial charge in [0.2, 0.25) is 0 Å². The molecule has 0 radical (unpaired) electrons. The van der Waals surface area contributed by atoms with Gasteiger partial charge >= 0.3 is 12.0 Å². The van der Waals surface area contributed by atoms with E-state index in [0.717, 1.165) is 44.9 Å². The van der Waals surface area contributed by atoms with Crippen molar-refractivity contribution in [3.8, 4) is 5.75 Å². The number of nitrogens with one attached hydrogen (secondary N) is 2. The number of aromatic hydroxyl groups is 1. The predicted molar refractivity (Wildman–Crippen MR) is 138 cm³/mol. The molecule has 2 aromatic rings. The monoisotopic (exact) mass is 482 g/mol. The number of phenols is 1. The highest BCUT2D eigenvalue weighted by Gasteiger charge is 2.21. The number of anilines is 1. The number of rotatable bonds is 15. The molecule has 3 N–H and O–H groups in total. The molecule has 0 heterocycles. The number of hydrogen-bond acceptors (Lipinski definition) is 5. The third-order valence-electron chi connectivity index (χ3n) is 5.69. The van der Waals surface area contributed by atoms with Gasteiger partial charge in [0.05, 0.1) is 17.7 Å². The summed E-state index contributed by atoms with van der Waals surface area (Å²) in [6.07, 6.45) is 9.43. The number of amides is 2. The highest BCUT2D eigenvalue weighted by atomic mass is 16.5. The molecule has 0 bridgehead atoms. The quantitative estimate of drug-likeness (QED) is 0.154. The van der Waals surface area contributed by atoms with E-state index in [4.69, 9.17) is 4.74 Å².